The van der Waals surface area contributed by atoms with E-state index in [0.29, 0.717) is 6.42 Å². The molecule has 0 spiro atoms. The number of alkyl halides is 2. The van der Waals surface area contributed by atoms with E-state index in [-0.39, 0.29) is 13.0 Å². The Morgan fingerprint density at radius 3 is 2.69 bits per heavy atom. The van der Waals surface area contributed by atoms with E-state index in [9.17, 15) is 13.9 Å². The van der Waals surface area contributed by atoms with Crippen LogP contribution >= 0.6 is 0 Å². The third-order valence-electron chi connectivity index (χ3n) is 2.52. The Bertz CT molecular complexity index is 292. The van der Waals surface area contributed by atoms with Crippen molar-refractivity contribution in [1.82, 2.24) is 14.8 Å². The Morgan fingerprint density at radius 1 is 1.44 bits per heavy atom. The first kappa shape index (κ1) is 13.0. The molecule has 0 radical (unpaired) electrons. The van der Waals surface area contributed by atoms with Gasteiger partial charge in [-0.25, -0.2) is 18.4 Å². The van der Waals surface area contributed by atoms with Gasteiger partial charge in [0.25, 0.3) is 6.43 Å². The topological polar surface area (TPSA) is 50.9 Å². The van der Waals surface area contributed by atoms with Gasteiger partial charge in [-0.15, -0.1) is 0 Å². The number of rotatable bonds is 7. The molecular weight excluding hydrogens is 216 g/mol. The van der Waals surface area contributed by atoms with E-state index in [2.05, 4.69) is 10.1 Å². The summed E-state index contributed by atoms with van der Waals surface area (Å²) < 4.78 is 26.8. The second-order valence-corrected chi connectivity index (χ2v) is 3.95. The monoisotopic (exact) mass is 233 g/mol. The molecule has 0 fully saturated rings. The zero-order chi connectivity index (χ0) is 12.0. The highest BCUT2D eigenvalue weighted by atomic mass is 19.3. The molecule has 4 nitrogen and oxygen atoms in total. The number of halogens is 2. The minimum absolute atomic E-state index is 0.0817. The third-order valence-corrected chi connectivity index (χ3v) is 2.52. The van der Waals surface area contributed by atoms with Crippen LogP contribution in [0.3, 0.4) is 0 Å². The number of unbranched alkanes of at least 4 members (excludes halogenated alkanes) is 2. The molecule has 1 unspecified atom stereocenters. The van der Waals surface area contributed by atoms with Crippen molar-refractivity contribution in [3.63, 3.8) is 0 Å². The Kier molecular flexibility index (Phi) is 4.79. The largest absolute Gasteiger partial charge is 0.382 e. The summed E-state index contributed by atoms with van der Waals surface area (Å²) in [7, 11) is 0. The average Bonchev–Trinajstić information content (AvgIpc) is 2.70. The number of aliphatic hydroxyl groups is 1. The second kappa shape index (κ2) is 5.89. The summed E-state index contributed by atoms with van der Waals surface area (Å²) in [4.78, 5) is 3.66. The lowest BCUT2D eigenvalue weighted by Gasteiger charge is -2.26. The highest BCUT2D eigenvalue weighted by molar-refractivity contribution is 4.81. The van der Waals surface area contributed by atoms with Crippen molar-refractivity contribution < 1.29 is 13.9 Å². The Balaban J connectivity index is 2.57. The van der Waals surface area contributed by atoms with Gasteiger partial charge in [0, 0.05) is 0 Å². The molecule has 1 N–H and O–H groups in total. The van der Waals surface area contributed by atoms with Gasteiger partial charge in [0.1, 0.15) is 18.3 Å². The summed E-state index contributed by atoms with van der Waals surface area (Å²) in [6, 6.07) is 0. The zero-order valence-electron chi connectivity index (χ0n) is 9.31. The van der Waals surface area contributed by atoms with Crippen LogP contribution in [-0.4, -0.2) is 31.9 Å². The molecule has 16 heavy (non-hydrogen) atoms. The molecule has 0 aliphatic heterocycles. The van der Waals surface area contributed by atoms with Crippen molar-refractivity contribution in [3.05, 3.63) is 12.7 Å². The normalized spacial score (nSPS) is 15.3. The van der Waals surface area contributed by atoms with E-state index < -0.39 is 12.0 Å². The van der Waals surface area contributed by atoms with Crippen LogP contribution in [-0.2, 0) is 6.54 Å². The lowest BCUT2D eigenvalue weighted by Crippen LogP contribution is -2.41. The molecule has 0 aliphatic carbocycles. The minimum Gasteiger partial charge on any atom is -0.382 e. The first-order valence-corrected chi connectivity index (χ1v) is 5.41. The molecule has 1 heterocycles. The van der Waals surface area contributed by atoms with E-state index >= 15 is 0 Å². The number of nitrogens with zero attached hydrogens (tertiary/aromatic N) is 3. The summed E-state index contributed by atoms with van der Waals surface area (Å²) in [5.74, 6) is 0. The fourth-order valence-electron chi connectivity index (χ4n) is 1.53. The van der Waals surface area contributed by atoms with Gasteiger partial charge >= 0.3 is 0 Å². The predicted octanol–water partition coefficient (Wildman–Crippen LogP) is 1.85. The van der Waals surface area contributed by atoms with E-state index in [1.807, 2.05) is 6.92 Å². The van der Waals surface area contributed by atoms with Crippen molar-refractivity contribution in [2.45, 2.75) is 51.2 Å². The van der Waals surface area contributed by atoms with Crippen LogP contribution in [0.1, 0.15) is 32.6 Å². The molecular formula is C10H17F2N3O. The minimum atomic E-state index is -2.77. The highest BCUT2D eigenvalue weighted by Gasteiger charge is 2.37. The van der Waals surface area contributed by atoms with Gasteiger partial charge in [-0.3, -0.25) is 0 Å². The van der Waals surface area contributed by atoms with Crippen LogP contribution in [0.15, 0.2) is 12.7 Å². The first-order chi connectivity index (χ1) is 7.58. The van der Waals surface area contributed by atoms with Gasteiger partial charge in [-0.1, -0.05) is 26.2 Å². The van der Waals surface area contributed by atoms with Crippen LogP contribution in [0.2, 0.25) is 0 Å². The lowest BCUT2D eigenvalue weighted by atomic mass is 9.96. The molecule has 1 aromatic rings. The van der Waals surface area contributed by atoms with Gasteiger partial charge in [0.05, 0.1) is 6.54 Å². The lowest BCUT2D eigenvalue weighted by molar-refractivity contribution is -0.113. The Hall–Kier alpha value is -1.04. The molecule has 0 aromatic carbocycles. The molecule has 0 bridgehead atoms. The van der Waals surface area contributed by atoms with Crippen LogP contribution in [0.5, 0.6) is 0 Å². The van der Waals surface area contributed by atoms with Crippen molar-refractivity contribution >= 4 is 0 Å². The van der Waals surface area contributed by atoms with Gasteiger partial charge in [-0.2, -0.15) is 5.10 Å². The molecule has 1 rings (SSSR count). The van der Waals surface area contributed by atoms with Gasteiger partial charge < -0.3 is 5.11 Å². The smallest absolute Gasteiger partial charge is 0.268 e. The van der Waals surface area contributed by atoms with Gasteiger partial charge in [0.2, 0.25) is 0 Å². The number of aromatic nitrogens is 3. The van der Waals surface area contributed by atoms with Crippen molar-refractivity contribution in [2.24, 2.45) is 0 Å². The van der Waals surface area contributed by atoms with Crippen molar-refractivity contribution in [3.8, 4) is 0 Å². The Labute approximate surface area is 93.3 Å². The number of hydrogen-bond acceptors (Lipinski definition) is 3. The highest BCUT2D eigenvalue weighted by Crippen LogP contribution is 2.24. The van der Waals surface area contributed by atoms with Crippen molar-refractivity contribution in [2.75, 3.05) is 0 Å². The fraction of sp³-hybridized carbons (Fsp3) is 0.800. The van der Waals surface area contributed by atoms with Crippen molar-refractivity contribution in [1.29, 1.82) is 0 Å². The van der Waals surface area contributed by atoms with Crippen LogP contribution < -0.4 is 0 Å². The molecule has 6 heteroatoms. The van der Waals surface area contributed by atoms with Crippen LogP contribution in [0.4, 0.5) is 8.78 Å². The molecule has 1 atom stereocenters. The maximum Gasteiger partial charge on any atom is 0.268 e. The second-order valence-electron chi connectivity index (χ2n) is 3.95. The van der Waals surface area contributed by atoms with Gasteiger partial charge in [-0.05, 0) is 6.42 Å². The number of hydrogen-bond donors (Lipinski definition) is 1. The van der Waals surface area contributed by atoms with Crippen LogP contribution in [0, 0.1) is 0 Å². The average molecular weight is 233 g/mol. The molecule has 92 valence electrons. The first-order valence-electron chi connectivity index (χ1n) is 5.41. The summed E-state index contributed by atoms with van der Waals surface area (Å²) in [6.45, 7) is 1.77. The Morgan fingerprint density at radius 2 is 2.19 bits per heavy atom. The summed E-state index contributed by atoms with van der Waals surface area (Å²) in [6.07, 6.45) is 2.26. The van der Waals surface area contributed by atoms with E-state index in [0.717, 1.165) is 12.8 Å². The summed E-state index contributed by atoms with van der Waals surface area (Å²) in [5, 5.41) is 13.6. The quantitative estimate of drug-likeness (QED) is 0.731. The summed E-state index contributed by atoms with van der Waals surface area (Å²) >= 11 is 0. The molecule has 1 aromatic heterocycles. The molecule has 0 aliphatic rings. The zero-order valence-corrected chi connectivity index (χ0v) is 9.31. The summed E-state index contributed by atoms with van der Waals surface area (Å²) in [5.41, 5.74) is -2.00. The molecule has 0 saturated heterocycles. The molecule has 0 saturated carbocycles. The van der Waals surface area contributed by atoms with E-state index in [4.69, 9.17) is 0 Å². The maximum atomic E-state index is 12.8. The standard InChI is InChI=1S/C10H17F2N3O/c1-2-3-4-5-10(16,9(11)12)6-15-8-13-7-14-15/h7-9,16H,2-6H2,1H3. The predicted molar refractivity (Wildman–Crippen MR) is 55.1 cm³/mol. The fourth-order valence-corrected chi connectivity index (χ4v) is 1.53. The molecule has 0 amide bonds. The maximum absolute atomic E-state index is 12.8. The van der Waals surface area contributed by atoms with Crippen LogP contribution in [0.25, 0.3) is 0 Å². The SMILES string of the molecule is CCCCCC(O)(Cn1cncn1)C(F)F. The third kappa shape index (κ3) is 3.52. The van der Waals surface area contributed by atoms with E-state index in [1.54, 1.807) is 0 Å². The van der Waals surface area contributed by atoms with Gasteiger partial charge in [0.15, 0.2) is 0 Å². The van der Waals surface area contributed by atoms with E-state index in [1.165, 1.54) is 17.3 Å².